The van der Waals surface area contributed by atoms with Crippen LogP contribution < -0.4 is 10.6 Å². The fourth-order valence-corrected chi connectivity index (χ4v) is 2.36. The Morgan fingerprint density at radius 1 is 1.00 bits per heavy atom. The normalized spacial score (nSPS) is 11.4. The molecule has 0 aromatic heterocycles. The Labute approximate surface area is 153 Å². The molecule has 2 N–H and O–H groups in total. The van der Waals surface area contributed by atoms with Crippen molar-refractivity contribution in [3.63, 3.8) is 0 Å². The molecule has 2 amide bonds. The van der Waals surface area contributed by atoms with Crippen molar-refractivity contribution in [1.82, 2.24) is 10.6 Å². The van der Waals surface area contributed by atoms with Crippen LogP contribution in [0.2, 0.25) is 0 Å². The van der Waals surface area contributed by atoms with Gasteiger partial charge in [0.15, 0.2) is 0 Å². The van der Waals surface area contributed by atoms with Crippen molar-refractivity contribution in [2.75, 3.05) is 20.3 Å². The minimum atomic E-state index is -0.818. The summed E-state index contributed by atoms with van der Waals surface area (Å²) in [7, 11) is 1.61. The average molecular weight is 356 g/mol. The summed E-state index contributed by atoms with van der Waals surface area (Å²) < 4.78 is 10.2. The quantitative estimate of drug-likeness (QED) is 0.678. The lowest BCUT2D eigenvalue weighted by molar-refractivity contribution is -0.123. The zero-order chi connectivity index (χ0) is 18.6. The molecular formula is C20H24N2O4. The highest BCUT2D eigenvalue weighted by Gasteiger charge is 2.23. The number of rotatable bonds is 9. The van der Waals surface area contributed by atoms with Crippen LogP contribution in [0.1, 0.15) is 23.6 Å². The van der Waals surface area contributed by atoms with Gasteiger partial charge in [-0.1, -0.05) is 60.7 Å². The molecule has 2 aromatic rings. The highest BCUT2D eigenvalue weighted by Crippen LogP contribution is 2.13. The fraction of sp³-hybridized carbons (Fsp3) is 0.300. The Hall–Kier alpha value is -2.86. The van der Waals surface area contributed by atoms with E-state index in [4.69, 9.17) is 9.47 Å². The van der Waals surface area contributed by atoms with Gasteiger partial charge in [-0.05, 0) is 17.5 Å². The van der Waals surface area contributed by atoms with Gasteiger partial charge < -0.3 is 20.1 Å². The highest BCUT2D eigenvalue weighted by molar-refractivity contribution is 5.86. The first kappa shape index (κ1) is 19.5. The number of carbonyl (C=O) groups excluding carboxylic acids is 2. The molecule has 26 heavy (non-hydrogen) atoms. The van der Waals surface area contributed by atoms with Crippen LogP contribution in [0, 0.1) is 0 Å². The molecule has 0 aliphatic carbocycles. The van der Waals surface area contributed by atoms with Crippen molar-refractivity contribution in [3.8, 4) is 0 Å². The molecule has 2 aromatic carbocycles. The summed E-state index contributed by atoms with van der Waals surface area (Å²) in [6, 6.07) is 17.6. The van der Waals surface area contributed by atoms with Gasteiger partial charge in [0.1, 0.15) is 12.6 Å². The first-order chi connectivity index (χ1) is 12.7. The summed E-state index contributed by atoms with van der Waals surface area (Å²) in [4.78, 5) is 24.6. The Bertz CT molecular complexity index is 677. The Kier molecular flexibility index (Phi) is 8.15. The number of hydrogen-bond acceptors (Lipinski definition) is 4. The molecular weight excluding hydrogens is 332 g/mol. The molecule has 0 aliphatic rings. The number of methoxy groups -OCH3 is 1. The standard InChI is InChI=1S/C20H24N2O4/c1-25-14-8-13-21-19(23)18(17-11-6-3-7-12-17)22-20(24)26-15-16-9-4-2-5-10-16/h2-7,9-12,18H,8,13-15H2,1H3,(H,21,23)(H,22,24). The minimum Gasteiger partial charge on any atom is -0.445 e. The van der Waals surface area contributed by atoms with Crippen molar-refractivity contribution in [3.05, 3.63) is 71.8 Å². The van der Waals surface area contributed by atoms with E-state index in [-0.39, 0.29) is 12.5 Å². The lowest BCUT2D eigenvalue weighted by Gasteiger charge is -2.19. The minimum absolute atomic E-state index is 0.143. The molecule has 1 atom stereocenters. The molecule has 6 heteroatoms. The van der Waals surface area contributed by atoms with Gasteiger partial charge in [0.25, 0.3) is 0 Å². The topological polar surface area (TPSA) is 76.7 Å². The van der Waals surface area contributed by atoms with E-state index in [1.54, 1.807) is 19.2 Å². The van der Waals surface area contributed by atoms with Crippen molar-refractivity contribution >= 4 is 12.0 Å². The summed E-state index contributed by atoms with van der Waals surface area (Å²) in [6.07, 6.45) is 0.0529. The van der Waals surface area contributed by atoms with E-state index in [1.165, 1.54) is 0 Å². The zero-order valence-corrected chi connectivity index (χ0v) is 14.8. The second kappa shape index (κ2) is 10.9. The van der Waals surface area contributed by atoms with Gasteiger partial charge in [-0.15, -0.1) is 0 Å². The van der Waals surface area contributed by atoms with E-state index < -0.39 is 12.1 Å². The third-order valence-corrected chi connectivity index (χ3v) is 3.69. The lowest BCUT2D eigenvalue weighted by atomic mass is 10.1. The van der Waals surface area contributed by atoms with Gasteiger partial charge in [-0.2, -0.15) is 0 Å². The molecule has 6 nitrogen and oxygen atoms in total. The molecule has 0 heterocycles. The maximum Gasteiger partial charge on any atom is 0.408 e. The van der Waals surface area contributed by atoms with Crippen LogP contribution in [0.4, 0.5) is 4.79 Å². The largest absolute Gasteiger partial charge is 0.445 e. The SMILES string of the molecule is COCCCNC(=O)C(NC(=O)OCc1ccccc1)c1ccccc1. The van der Waals surface area contributed by atoms with E-state index >= 15 is 0 Å². The predicted molar refractivity (Wildman–Crippen MR) is 98.4 cm³/mol. The van der Waals surface area contributed by atoms with Crippen LogP contribution in [-0.4, -0.2) is 32.3 Å². The van der Waals surface area contributed by atoms with Gasteiger partial charge >= 0.3 is 6.09 Å². The summed E-state index contributed by atoms with van der Waals surface area (Å²) in [5.41, 5.74) is 1.57. The van der Waals surface area contributed by atoms with Crippen LogP contribution in [0.25, 0.3) is 0 Å². The Morgan fingerprint density at radius 3 is 2.31 bits per heavy atom. The van der Waals surface area contributed by atoms with Crippen molar-refractivity contribution in [2.45, 2.75) is 19.1 Å². The van der Waals surface area contributed by atoms with E-state index in [0.717, 1.165) is 5.56 Å². The average Bonchev–Trinajstić information content (AvgIpc) is 2.69. The number of carbonyl (C=O) groups is 2. The summed E-state index contributed by atoms with van der Waals surface area (Å²) in [5.74, 6) is -0.288. The van der Waals surface area contributed by atoms with Crippen LogP contribution in [0.3, 0.4) is 0 Å². The van der Waals surface area contributed by atoms with E-state index in [2.05, 4.69) is 10.6 Å². The van der Waals surface area contributed by atoms with Crippen molar-refractivity contribution < 1.29 is 19.1 Å². The zero-order valence-electron chi connectivity index (χ0n) is 14.8. The second-order valence-corrected chi connectivity index (χ2v) is 5.69. The molecule has 0 fully saturated rings. The molecule has 2 rings (SSSR count). The summed E-state index contributed by atoms with van der Waals surface area (Å²) in [5, 5.41) is 5.45. The summed E-state index contributed by atoms with van der Waals surface area (Å²) >= 11 is 0. The number of amides is 2. The maximum absolute atomic E-state index is 12.5. The van der Waals surface area contributed by atoms with Crippen LogP contribution >= 0.6 is 0 Å². The molecule has 0 aliphatic heterocycles. The smallest absolute Gasteiger partial charge is 0.408 e. The van der Waals surface area contributed by atoms with Gasteiger partial charge in [-0.25, -0.2) is 4.79 Å². The Balaban J connectivity index is 1.94. The van der Waals surface area contributed by atoms with E-state index in [0.29, 0.717) is 25.1 Å². The predicted octanol–water partition coefficient (Wildman–Crippen LogP) is 2.81. The molecule has 0 saturated carbocycles. The highest BCUT2D eigenvalue weighted by atomic mass is 16.5. The van der Waals surface area contributed by atoms with Crippen molar-refractivity contribution in [1.29, 1.82) is 0 Å². The second-order valence-electron chi connectivity index (χ2n) is 5.69. The lowest BCUT2D eigenvalue weighted by Crippen LogP contribution is -2.41. The van der Waals surface area contributed by atoms with Crippen LogP contribution in [0.15, 0.2) is 60.7 Å². The number of nitrogens with one attached hydrogen (secondary N) is 2. The first-order valence-electron chi connectivity index (χ1n) is 8.49. The first-order valence-corrected chi connectivity index (χ1v) is 8.49. The molecule has 138 valence electrons. The van der Waals surface area contributed by atoms with Crippen LogP contribution in [0.5, 0.6) is 0 Å². The monoisotopic (exact) mass is 356 g/mol. The summed E-state index contributed by atoms with van der Waals surface area (Å²) in [6.45, 7) is 1.17. The third kappa shape index (κ3) is 6.57. The van der Waals surface area contributed by atoms with Gasteiger partial charge in [0, 0.05) is 20.3 Å². The van der Waals surface area contributed by atoms with Crippen molar-refractivity contribution in [2.24, 2.45) is 0 Å². The molecule has 0 spiro atoms. The van der Waals surface area contributed by atoms with Gasteiger partial charge in [0.2, 0.25) is 5.91 Å². The molecule has 0 radical (unpaired) electrons. The van der Waals surface area contributed by atoms with Gasteiger partial charge in [-0.3, -0.25) is 4.79 Å². The number of hydrogen-bond donors (Lipinski definition) is 2. The fourth-order valence-electron chi connectivity index (χ4n) is 2.36. The van der Waals surface area contributed by atoms with Crippen LogP contribution in [-0.2, 0) is 20.9 Å². The van der Waals surface area contributed by atoms with E-state index in [9.17, 15) is 9.59 Å². The molecule has 0 saturated heterocycles. The number of alkyl carbamates (subject to hydrolysis) is 1. The Morgan fingerprint density at radius 2 is 1.65 bits per heavy atom. The maximum atomic E-state index is 12.5. The third-order valence-electron chi connectivity index (χ3n) is 3.69. The number of ether oxygens (including phenoxy) is 2. The molecule has 0 bridgehead atoms. The van der Waals surface area contributed by atoms with E-state index in [1.807, 2.05) is 48.5 Å². The molecule has 1 unspecified atom stereocenters. The van der Waals surface area contributed by atoms with Gasteiger partial charge in [0.05, 0.1) is 0 Å². The number of benzene rings is 2.